The van der Waals surface area contributed by atoms with Crippen LogP contribution >= 0.6 is 15.9 Å². The molecule has 12 heteroatoms. The third-order valence-corrected chi connectivity index (χ3v) is 6.96. The predicted octanol–water partition coefficient (Wildman–Crippen LogP) is 2.04. The Morgan fingerprint density at radius 1 is 1.12 bits per heavy atom. The van der Waals surface area contributed by atoms with Crippen molar-refractivity contribution in [1.29, 1.82) is 0 Å². The summed E-state index contributed by atoms with van der Waals surface area (Å²) in [5.74, 6) is -0.707. The van der Waals surface area contributed by atoms with Gasteiger partial charge in [-0.15, -0.1) is 0 Å². The number of sulfonamides is 1. The first kappa shape index (κ1) is 25.0. The van der Waals surface area contributed by atoms with Gasteiger partial charge in [0.15, 0.2) is 13.2 Å². The summed E-state index contributed by atoms with van der Waals surface area (Å²) < 4.78 is 48.4. The molecule has 1 aliphatic heterocycles. The van der Waals surface area contributed by atoms with Crippen LogP contribution < -0.4 is 14.8 Å². The lowest BCUT2D eigenvalue weighted by Crippen LogP contribution is -2.40. The molecule has 33 heavy (non-hydrogen) atoms. The number of ether oxygens (including phenoxy) is 4. The van der Waals surface area contributed by atoms with Crippen molar-refractivity contribution in [2.45, 2.75) is 4.90 Å². The molecule has 10 nitrogen and oxygen atoms in total. The number of benzene rings is 2. The van der Waals surface area contributed by atoms with Crippen molar-refractivity contribution in [2.24, 2.45) is 0 Å². The Kier molecular flexibility index (Phi) is 8.67. The Labute approximate surface area is 199 Å². The van der Waals surface area contributed by atoms with E-state index in [1.807, 2.05) is 6.07 Å². The zero-order valence-corrected chi connectivity index (χ0v) is 20.2. The number of carbonyl (C=O) groups excluding carboxylic acids is 2. The summed E-state index contributed by atoms with van der Waals surface area (Å²) in [4.78, 5) is 24.1. The topological polar surface area (TPSA) is 120 Å². The van der Waals surface area contributed by atoms with Crippen LogP contribution in [0.4, 0.5) is 5.69 Å². The molecule has 1 heterocycles. The van der Waals surface area contributed by atoms with Gasteiger partial charge in [0, 0.05) is 23.6 Å². The molecule has 0 aliphatic carbocycles. The van der Waals surface area contributed by atoms with Gasteiger partial charge in [-0.05, 0) is 30.3 Å². The second-order valence-corrected chi connectivity index (χ2v) is 9.69. The fraction of sp³-hybridized carbons (Fsp3) is 0.333. The quantitative estimate of drug-likeness (QED) is 0.478. The molecule has 0 radical (unpaired) electrons. The molecular weight excluding hydrogens is 520 g/mol. The van der Waals surface area contributed by atoms with Crippen LogP contribution in [0.5, 0.6) is 11.5 Å². The molecule has 1 N–H and O–H groups in total. The number of hydrogen-bond acceptors (Lipinski definition) is 8. The monoisotopic (exact) mass is 542 g/mol. The van der Waals surface area contributed by atoms with E-state index in [-0.39, 0.29) is 36.0 Å². The van der Waals surface area contributed by atoms with Crippen LogP contribution in [-0.4, -0.2) is 71.2 Å². The van der Waals surface area contributed by atoms with Crippen LogP contribution in [0.3, 0.4) is 0 Å². The van der Waals surface area contributed by atoms with Crippen LogP contribution in [0.1, 0.15) is 0 Å². The molecular formula is C21H23BrN2O8S. The minimum atomic E-state index is -3.72. The molecule has 0 bridgehead atoms. The average molecular weight is 543 g/mol. The van der Waals surface area contributed by atoms with Crippen molar-refractivity contribution in [2.75, 3.05) is 51.9 Å². The van der Waals surface area contributed by atoms with E-state index in [0.29, 0.717) is 19.0 Å². The van der Waals surface area contributed by atoms with Gasteiger partial charge in [-0.1, -0.05) is 22.0 Å². The van der Waals surface area contributed by atoms with Gasteiger partial charge in [0.2, 0.25) is 10.0 Å². The third kappa shape index (κ3) is 6.90. The standard InChI is InChI=1S/C21H23BrN2O8S/c1-29-19-12-17(33(27,28)24-7-9-30-10-8-24)5-6-18(19)23-20(25)13-32-21(26)14-31-16-4-2-3-15(22)11-16/h2-6,11-12H,7-10,13-14H2,1H3,(H,23,25). The normalized spacial score (nSPS) is 14.4. The van der Waals surface area contributed by atoms with E-state index < -0.39 is 28.5 Å². The highest BCUT2D eigenvalue weighted by molar-refractivity contribution is 9.10. The summed E-state index contributed by atoms with van der Waals surface area (Å²) in [5.41, 5.74) is 0.241. The maximum absolute atomic E-state index is 12.8. The van der Waals surface area contributed by atoms with Crippen molar-refractivity contribution < 1.29 is 37.0 Å². The number of nitrogens with zero attached hydrogens (tertiary/aromatic N) is 1. The highest BCUT2D eigenvalue weighted by Gasteiger charge is 2.27. The first-order valence-corrected chi connectivity index (χ1v) is 12.1. The molecule has 2 aromatic carbocycles. The van der Waals surface area contributed by atoms with E-state index >= 15 is 0 Å². The Hall–Kier alpha value is -2.67. The van der Waals surface area contributed by atoms with E-state index in [1.54, 1.807) is 18.2 Å². The van der Waals surface area contributed by atoms with Gasteiger partial charge in [-0.25, -0.2) is 13.2 Å². The largest absolute Gasteiger partial charge is 0.495 e. The first-order chi connectivity index (χ1) is 15.8. The van der Waals surface area contributed by atoms with Crippen LogP contribution in [0.15, 0.2) is 51.8 Å². The van der Waals surface area contributed by atoms with E-state index in [4.69, 9.17) is 18.9 Å². The number of anilines is 1. The van der Waals surface area contributed by atoms with Crippen molar-refractivity contribution in [1.82, 2.24) is 4.31 Å². The van der Waals surface area contributed by atoms with Crippen molar-refractivity contribution in [3.63, 3.8) is 0 Å². The predicted molar refractivity (Wildman–Crippen MR) is 122 cm³/mol. The van der Waals surface area contributed by atoms with Gasteiger partial charge < -0.3 is 24.3 Å². The van der Waals surface area contributed by atoms with Gasteiger partial charge in [-0.3, -0.25) is 4.79 Å². The van der Waals surface area contributed by atoms with Gasteiger partial charge in [0.25, 0.3) is 5.91 Å². The molecule has 0 spiro atoms. The highest BCUT2D eigenvalue weighted by Crippen LogP contribution is 2.29. The maximum atomic E-state index is 12.8. The highest BCUT2D eigenvalue weighted by atomic mass is 79.9. The first-order valence-electron chi connectivity index (χ1n) is 9.89. The lowest BCUT2D eigenvalue weighted by Gasteiger charge is -2.26. The molecule has 1 saturated heterocycles. The summed E-state index contributed by atoms with van der Waals surface area (Å²) in [6.07, 6.45) is 0. The fourth-order valence-corrected chi connectivity index (χ4v) is 4.75. The van der Waals surface area contributed by atoms with Gasteiger partial charge in [0.05, 0.1) is 30.9 Å². The Morgan fingerprint density at radius 2 is 1.88 bits per heavy atom. The molecule has 0 unspecified atom stereocenters. The molecule has 0 atom stereocenters. The smallest absolute Gasteiger partial charge is 0.344 e. The van der Waals surface area contributed by atoms with Crippen LogP contribution in [0, 0.1) is 0 Å². The zero-order chi connectivity index (χ0) is 23.8. The SMILES string of the molecule is COc1cc(S(=O)(=O)N2CCOCC2)ccc1NC(=O)COC(=O)COc1cccc(Br)c1. The summed E-state index contributed by atoms with van der Waals surface area (Å²) in [5, 5.41) is 2.54. The van der Waals surface area contributed by atoms with Gasteiger partial charge in [-0.2, -0.15) is 4.31 Å². The lowest BCUT2D eigenvalue weighted by atomic mass is 10.3. The van der Waals surface area contributed by atoms with Crippen LogP contribution in [0.2, 0.25) is 0 Å². The number of methoxy groups -OCH3 is 1. The number of halogens is 1. The van der Waals surface area contributed by atoms with Crippen molar-refractivity contribution >= 4 is 43.5 Å². The summed E-state index contributed by atoms with van der Waals surface area (Å²) in [7, 11) is -2.36. The van der Waals surface area contributed by atoms with Crippen molar-refractivity contribution in [3.8, 4) is 11.5 Å². The number of carbonyl (C=O) groups is 2. The van der Waals surface area contributed by atoms with Crippen LogP contribution in [-0.2, 0) is 29.1 Å². The fourth-order valence-electron chi connectivity index (χ4n) is 2.94. The van der Waals surface area contributed by atoms with Gasteiger partial charge >= 0.3 is 5.97 Å². The number of morpholine rings is 1. The minimum Gasteiger partial charge on any atom is -0.495 e. The van der Waals surface area contributed by atoms with Crippen LogP contribution in [0.25, 0.3) is 0 Å². The van der Waals surface area contributed by atoms with Crippen molar-refractivity contribution in [3.05, 3.63) is 46.9 Å². The molecule has 0 saturated carbocycles. The summed E-state index contributed by atoms with van der Waals surface area (Å²) in [6, 6.07) is 11.1. The molecule has 0 aromatic heterocycles. The number of rotatable bonds is 9. The molecule has 1 aliphatic rings. The third-order valence-electron chi connectivity index (χ3n) is 4.57. The molecule has 3 rings (SSSR count). The average Bonchev–Trinajstić information content (AvgIpc) is 2.82. The lowest BCUT2D eigenvalue weighted by molar-refractivity contribution is -0.149. The van der Waals surface area contributed by atoms with E-state index in [2.05, 4.69) is 21.2 Å². The van der Waals surface area contributed by atoms with Gasteiger partial charge in [0.1, 0.15) is 11.5 Å². The minimum absolute atomic E-state index is 0.0374. The summed E-state index contributed by atoms with van der Waals surface area (Å²) in [6.45, 7) is 0.284. The second-order valence-electron chi connectivity index (χ2n) is 6.83. The van der Waals surface area contributed by atoms with E-state index in [0.717, 1.165) is 4.47 Å². The number of esters is 1. The Bertz CT molecular complexity index is 1100. The molecule has 1 fully saturated rings. The van der Waals surface area contributed by atoms with E-state index in [1.165, 1.54) is 29.6 Å². The Balaban J connectivity index is 1.55. The van der Waals surface area contributed by atoms with E-state index in [9.17, 15) is 18.0 Å². The number of nitrogens with one attached hydrogen (secondary N) is 1. The second kappa shape index (κ2) is 11.5. The molecule has 2 aromatic rings. The molecule has 1 amide bonds. The number of hydrogen-bond donors (Lipinski definition) is 1. The summed E-state index contributed by atoms with van der Waals surface area (Å²) >= 11 is 3.30. The maximum Gasteiger partial charge on any atom is 0.344 e. The Morgan fingerprint density at radius 3 is 2.58 bits per heavy atom. The number of amides is 1. The zero-order valence-electron chi connectivity index (χ0n) is 17.8. The molecule has 178 valence electrons.